The summed E-state index contributed by atoms with van der Waals surface area (Å²) in [6.45, 7) is 3.91. The van der Waals surface area contributed by atoms with Gasteiger partial charge in [-0.15, -0.1) is 0 Å². The van der Waals surface area contributed by atoms with Gasteiger partial charge >= 0.3 is 0 Å². The highest BCUT2D eigenvalue weighted by Gasteiger charge is 2.28. The van der Waals surface area contributed by atoms with Gasteiger partial charge in [0.15, 0.2) is 0 Å². The lowest BCUT2D eigenvalue weighted by atomic mass is 9.91. The Labute approximate surface area is 254 Å². The third-order valence-corrected chi connectivity index (χ3v) is 7.40. The molecule has 4 rings (SSSR count). The molecule has 4 aromatic rings. The number of hydrogen-bond acceptors (Lipinski definition) is 4. The van der Waals surface area contributed by atoms with Gasteiger partial charge in [-0.05, 0) is 47.1 Å². The van der Waals surface area contributed by atoms with E-state index >= 15 is 0 Å². The number of rotatable bonds is 15. The number of aromatic nitrogens is 2. The Kier molecular flexibility index (Phi) is 11.9. The zero-order chi connectivity index (χ0) is 30.4. The summed E-state index contributed by atoms with van der Waals surface area (Å²) in [7, 11) is 0. The number of benzene rings is 3. The van der Waals surface area contributed by atoms with Gasteiger partial charge in [0, 0.05) is 18.5 Å². The van der Waals surface area contributed by atoms with Crippen molar-refractivity contribution in [3.63, 3.8) is 0 Å². The summed E-state index contributed by atoms with van der Waals surface area (Å²) in [6.07, 6.45) is 13.1. The smallest absolute Gasteiger partial charge is 0.243 e. The fourth-order valence-electron chi connectivity index (χ4n) is 5.23. The Morgan fingerprint density at radius 1 is 0.907 bits per heavy atom. The summed E-state index contributed by atoms with van der Waals surface area (Å²) in [5, 5.41) is 18.1. The number of aliphatic hydroxyl groups excluding tert-OH is 1. The first-order valence-electron chi connectivity index (χ1n) is 15.0. The first kappa shape index (κ1) is 31.4. The van der Waals surface area contributed by atoms with Crippen LogP contribution in [0.1, 0.15) is 43.5 Å². The predicted molar refractivity (Wildman–Crippen MR) is 173 cm³/mol. The van der Waals surface area contributed by atoms with Crippen LogP contribution in [0.15, 0.2) is 104 Å². The van der Waals surface area contributed by atoms with Crippen molar-refractivity contribution < 1.29 is 14.7 Å². The molecule has 3 atom stereocenters. The van der Waals surface area contributed by atoms with Crippen molar-refractivity contribution in [2.45, 2.75) is 51.6 Å². The molecule has 0 spiro atoms. The number of hydrogen-bond donors (Lipinski definition) is 4. The summed E-state index contributed by atoms with van der Waals surface area (Å²) in [6, 6.07) is 23.1. The number of allylic oxidation sites excluding steroid dienone is 3. The number of fused-ring (bicyclic) bond motifs is 1. The molecule has 4 N–H and O–H groups in total. The Bertz CT molecular complexity index is 1490. The molecule has 1 unspecified atom stereocenters. The number of carbonyl (C=O) groups excluding carboxylic acids is 2. The second-order valence-corrected chi connectivity index (χ2v) is 11.3. The summed E-state index contributed by atoms with van der Waals surface area (Å²) in [5.74, 6) is -0.651. The molecular weight excluding hydrogens is 536 g/mol. The first-order valence-corrected chi connectivity index (χ1v) is 15.0. The third kappa shape index (κ3) is 9.79. The summed E-state index contributed by atoms with van der Waals surface area (Å²) < 4.78 is 0. The molecule has 2 amide bonds. The molecule has 3 aromatic carbocycles. The molecule has 7 nitrogen and oxygen atoms in total. The lowest BCUT2D eigenvalue weighted by Gasteiger charge is -2.25. The Hall–Kier alpha value is -4.49. The number of nitrogens with zero attached hydrogens (tertiary/aromatic N) is 1. The normalized spacial score (nSPS) is 13.9. The van der Waals surface area contributed by atoms with Crippen LogP contribution in [0.25, 0.3) is 16.8 Å². The molecule has 0 aliphatic carbocycles. The molecule has 43 heavy (non-hydrogen) atoms. The Balaban J connectivity index is 1.55. The fraction of sp³-hybridized carbons (Fsp3) is 0.306. The van der Waals surface area contributed by atoms with E-state index < -0.39 is 18.0 Å². The molecule has 0 aliphatic rings. The minimum Gasteiger partial charge on any atom is -0.394 e. The van der Waals surface area contributed by atoms with Crippen LogP contribution in [0, 0.1) is 11.8 Å². The number of aromatic amines is 1. The van der Waals surface area contributed by atoms with E-state index in [1.807, 2.05) is 86.7 Å². The van der Waals surface area contributed by atoms with Crippen molar-refractivity contribution in [2.75, 3.05) is 6.61 Å². The van der Waals surface area contributed by atoms with Gasteiger partial charge in [0.25, 0.3) is 0 Å². The maximum absolute atomic E-state index is 13.9. The quantitative estimate of drug-likeness (QED) is 0.137. The maximum Gasteiger partial charge on any atom is 0.243 e. The second-order valence-electron chi connectivity index (χ2n) is 11.3. The van der Waals surface area contributed by atoms with Gasteiger partial charge in [-0.25, -0.2) is 4.98 Å². The molecule has 0 bridgehead atoms. The van der Waals surface area contributed by atoms with Crippen LogP contribution in [0.5, 0.6) is 0 Å². The van der Waals surface area contributed by atoms with Crippen molar-refractivity contribution in [2.24, 2.45) is 11.8 Å². The van der Waals surface area contributed by atoms with E-state index in [9.17, 15) is 14.7 Å². The SMILES string of the molecule is CC(C)C[C@@H](CO)NC(=O)[C@H](Cc1c[nH]cn1)NC(=O)C(CC=CC=Cc1ccccc1)Cc1cccc2ccccc12. The largest absolute Gasteiger partial charge is 0.394 e. The summed E-state index contributed by atoms with van der Waals surface area (Å²) in [5.41, 5.74) is 2.85. The van der Waals surface area contributed by atoms with Gasteiger partial charge in [0.2, 0.25) is 11.8 Å². The molecular formula is C36H42N4O3. The molecule has 224 valence electrons. The Morgan fingerprint density at radius 3 is 2.42 bits per heavy atom. The summed E-state index contributed by atoms with van der Waals surface area (Å²) >= 11 is 0. The van der Waals surface area contributed by atoms with Crippen LogP contribution in [0.4, 0.5) is 0 Å². The van der Waals surface area contributed by atoms with Crippen LogP contribution >= 0.6 is 0 Å². The number of nitrogens with one attached hydrogen (secondary N) is 3. The molecule has 0 saturated carbocycles. The van der Waals surface area contributed by atoms with Crippen LogP contribution in [0.3, 0.4) is 0 Å². The predicted octanol–water partition coefficient (Wildman–Crippen LogP) is 5.63. The first-order chi connectivity index (χ1) is 20.9. The van der Waals surface area contributed by atoms with E-state index in [1.165, 1.54) is 0 Å². The van der Waals surface area contributed by atoms with E-state index in [4.69, 9.17) is 0 Å². The van der Waals surface area contributed by atoms with E-state index in [2.05, 4.69) is 44.9 Å². The number of H-pyrrole nitrogens is 1. The molecule has 0 saturated heterocycles. The third-order valence-electron chi connectivity index (χ3n) is 7.40. The van der Waals surface area contributed by atoms with Crippen LogP contribution in [-0.4, -0.2) is 45.6 Å². The van der Waals surface area contributed by atoms with E-state index in [0.717, 1.165) is 21.9 Å². The zero-order valence-corrected chi connectivity index (χ0v) is 24.9. The highest BCUT2D eigenvalue weighted by atomic mass is 16.3. The van der Waals surface area contributed by atoms with Gasteiger partial charge in [0.05, 0.1) is 24.7 Å². The highest BCUT2D eigenvalue weighted by molar-refractivity contribution is 5.90. The number of carbonyl (C=O) groups is 2. The number of aliphatic hydroxyl groups is 1. The minimum atomic E-state index is -0.839. The summed E-state index contributed by atoms with van der Waals surface area (Å²) in [4.78, 5) is 34.6. The van der Waals surface area contributed by atoms with Crippen molar-refractivity contribution in [3.05, 3.63) is 120 Å². The van der Waals surface area contributed by atoms with Crippen molar-refractivity contribution in [3.8, 4) is 0 Å². The van der Waals surface area contributed by atoms with Crippen LogP contribution < -0.4 is 10.6 Å². The maximum atomic E-state index is 13.9. The van der Waals surface area contributed by atoms with E-state index in [0.29, 0.717) is 30.9 Å². The lowest BCUT2D eigenvalue weighted by Crippen LogP contribution is -2.53. The van der Waals surface area contributed by atoms with Gasteiger partial charge in [-0.1, -0.05) is 111 Å². The van der Waals surface area contributed by atoms with E-state index in [1.54, 1.807) is 12.5 Å². The topological polar surface area (TPSA) is 107 Å². The molecule has 0 radical (unpaired) electrons. The molecule has 0 aliphatic heterocycles. The monoisotopic (exact) mass is 578 g/mol. The van der Waals surface area contributed by atoms with Crippen molar-refractivity contribution in [1.82, 2.24) is 20.6 Å². The Morgan fingerprint density at radius 2 is 1.67 bits per heavy atom. The molecule has 1 heterocycles. The van der Waals surface area contributed by atoms with Crippen molar-refractivity contribution >= 4 is 28.7 Å². The van der Waals surface area contributed by atoms with E-state index in [-0.39, 0.29) is 24.8 Å². The average molecular weight is 579 g/mol. The standard InChI is InChI=1S/C36H42N4O3/c1-26(2)20-32(24-41)39-36(43)34(22-31-23-37-25-38-31)40-35(42)30(16-8-4-7-14-27-12-5-3-6-13-27)21-29-18-11-17-28-15-9-10-19-33(28)29/h3-15,17-19,23,25-26,30,32,34,41H,16,20-22,24H2,1-2H3,(H,37,38)(H,39,43)(H,40,42)/t30?,32-,34-/m0/s1. The minimum absolute atomic E-state index is 0.169. The van der Waals surface area contributed by atoms with Gasteiger partial charge < -0.3 is 20.7 Å². The number of amides is 2. The average Bonchev–Trinajstić information content (AvgIpc) is 3.53. The second kappa shape index (κ2) is 16.2. The fourth-order valence-corrected chi connectivity index (χ4v) is 5.23. The van der Waals surface area contributed by atoms with Gasteiger partial charge in [-0.2, -0.15) is 0 Å². The number of imidazole rings is 1. The highest BCUT2D eigenvalue weighted by Crippen LogP contribution is 2.23. The zero-order valence-electron chi connectivity index (χ0n) is 24.9. The van der Waals surface area contributed by atoms with Crippen LogP contribution in [0.2, 0.25) is 0 Å². The lowest BCUT2D eigenvalue weighted by molar-refractivity contribution is -0.131. The van der Waals surface area contributed by atoms with Crippen molar-refractivity contribution in [1.29, 1.82) is 0 Å². The van der Waals surface area contributed by atoms with Gasteiger partial charge in [-0.3, -0.25) is 9.59 Å². The van der Waals surface area contributed by atoms with Gasteiger partial charge in [0.1, 0.15) is 6.04 Å². The molecule has 0 fully saturated rings. The molecule has 1 aromatic heterocycles. The molecule has 7 heteroatoms. The van der Waals surface area contributed by atoms with Crippen LogP contribution in [-0.2, 0) is 22.4 Å².